The predicted molar refractivity (Wildman–Crippen MR) is 85.5 cm³/mol. The fourth-order valence-corrected chi connectivity index (χ4v) is 2.76. The molecule has 1 saturated heterocycles. The van der Waals surface area contributed by atoms with Crippen molar-refractivity contribution in [3.8, 4) is 0 Å². The van der Waals surface area contributed by atoms with Crippen molar-refractivity contribution >= 4 is 17.4 Å². The Hall–Kier alpha value is -0.840. The van der Waals surface area contributed by atoms with Gasteiger partial charge in [0.1, 0.15) is 5.82 Å². The van der Waals surface area contributed by atoms with Crippen molar-refractivity contribution in [1.82, 2.24) is 15.2 Å². The molecule has 4 nitrogen and oxygen atoms in total. The highest BCUT2D eigenvalue weighted by atomic mass is 35.5. The average molecular weight is 297 g/mol. The van der Waals surface area contributed by atoms with Gasteiger partial charge in [0.25, 0.3) is 0 Å². The summed E-state index contributed by atoms with van der Waals surface area (Å²) in [6, 6.07) is 2.57. The lowest BCUT2D eigenvalue weighted by Crippen LogP contribution is -2.50. The molecule has 2 heterocycles. The maximum atomic E-state index is 6.41. The normalized spacial score (nSPS) is 20.4. The largest absolute Gasteiger partial charge is 0.353 e. The standard InChI is InChI=1S/C15H25ClN4/c1-4-5-17-9-13-8-14(16)15(18-10-13)20-7-6-19(3)12(2)11-20/h8,10,12,17H,4-7,9,11H2,1-3H3. The lowest BCUT2D eigenvalue weighted by atomic mass is 10.2. The van der Waals surface area contributed by atoms with Crippen LogP contribution < -0.4 is 10.2 Å². The smallest absolute Gasteiger partial charge is 0.147 e. The Bertz CT molecular complexity index is 438. The van der Waals surface area contributed by atoms with E-state index in [4.69, 9.17) is 11.6 Å². The summed E-state index contributed by atoms with van der Waals surface area (Å²) in [6.45, 7) is 9.28. The molecule has 0 amide bonds. The number of pyridine rings is 1. The molecule has 1 atom stereocenters. The van der Waals surface area contributed by atoms with Gasteiger partial charge in [-0.2, -0.15) is 0 Å². The molecule has 1 N–H and O–H groups in total. The zero-order valence-corrected chi connectivity index (χ0v) is 13.5. The summed E-state index contributed by atoms with van der Waals surface area (Å²) in [4.78, 5) is 9.23. The number of likely N-dealkylation sites (N-methyl/N-ethyl adjacent to an activating group) is 1. The molecule has 20 heavy (non-hydrogen) atoms. The second kappa shape index (κ2) is 7.25. The molecule has 0 radical (unpaired) electrons. The highest BCUT2D eigenvalue weighted by Crippen LogP contribution is 2.26. The van der Waals surface area contributed by atoms with Crippen LogP contribution in [-0.4, -0.2) is 49.2 Å². The highest BCUT2D eigenvalue weighted by molar-refractivity contribution is 6.33. The third kappa shape index (κ3) is 3.84. The SMILES string of the molecule is CCCNCc1cnc(N2CCN(C)C(C)C2)c(Cl)c1. The lowest BCUT2D eigenvalue weighted by molar-refractivity contribution is 0.233. The van der Waals surface area contributed by atoms with Gasteiger partial charge in [-0.15, -0.1) is 0 Å². The Labute approximate surface area is 127 Å². The Morgan fingerprint density at radius 3 is 2.90 bits per heavy atom. The number of hydrogen-bond acceptors (Lipinski definition) is 4. The van der Waals surface area contributed by atoms with Gasteiger partial charge in [0, 0.05) is 38.4 Å². The predicted octanol–water partition coefficient (Wildman–Crippen LogP) is 2.37. The van der Waals surface area contributed by atoms with Crippen LogP contribution in [0.3, 0.4) is 0 Å². The Kier molecular flexibility index (Phi) is 5.64. The van der Waals surface area contributed by atoms with Gasteiger partial charge in [-0.3, -0.25) is 0 Å². The maximum absolute atomic E-state index is 6.41. The summed E-state index contributed by atoms with van der Waals surface area (Å²) >= 11 is 6.41. The number of anilines is 1. The molecule has 0 saturated carbocycles. The van der Waals surface area contributed by atoms with Crippen LogP contribution in [0.4, 0.5) is 5.82 Å². The number of rotatable bonds is 5. The van der Waals surface area contributed by atoms with Gasteiger partial charge in [0.2, 0.25) is 0 Å². The van der Waals surface area contributed by atoms with E-state index >= 15 is 0 Å². The second-order valence-electron chi connectivity index (χ2n) is 5.60. The highest BCUT2D eigenvalue weighted by Gasteiger charge is 2.23. The molecule has 1 unspecified atom stereocenters. The van der Waals surface area contributed by atoms with Crippen LogP contribution >= 0.6 is 11.6 Å². The fourth-order valence-electron chi connectivity index (χ4n) is 2.45. The van der Waals surface area contributed by atoms with Gasteiger partial charge in [-0.05, 0) is 38.6 Å². The van der Waals surface area contributed by atoms with Crippen LogP contribution in [0.15, 0.2) is 12.3 Å². The van der Waals surface area contributed by atoms with Gasteiger partial charge >= 0.3 is 0 Å². The van der Waals surface area contributed by atoms with Gasteiger partial charge < -0.3 is 15.1 Å². The van der Waals surface area contributed by atoms with Gasteiger partial charge in [0.05, 0.1) is 5.02 Å². The maximum Gasteiger partial charge on any atom is 0.147 e. The third-order valence-corrected chi connectivity index (χ3v) is 4.17. The third-order valence-electron chi connectivity index (χ3n) is 3.89. The number of nitrogens with one attached hydrogen (secondary N) is 1. The minimum Gasteiger partial charge on any atom is -0.353 e. The molecule has 112 valence electrons. The summed E-state index contributed by atoms with van der Waals surface area (Å²) in [6.07, 6.45) is 3.07. The molecule has 0 aromatic carbocycles. The zero-order chi connectivity index (χ0) is 14.5. The van der Waals surface area contributed by atoms with Gasteiger partial charge in [0.15, 0.2) is 0 Å². The van der Waals surface area contributed by atoms with E-state index in [1.54, 1.807) is 0 Å². The van der Waals surface area contributed by atoms with Crippen LogP contribution in [0.2, 0.25) is 5.02 Å². The number of halogens is 1. The van der Waals surface area contributed by atoms with Crippen molar-refractivity contribution in [3.05, 3.63) is 22.8 Å². The van der Waals surface area contributed by atoms with Gasteiger partial charge in [-0.25, -0.2) is 4.98 Å². The first-order chi connectivity index (χ1) is 9.61. The number of piperazine rings is 1. The van der Waals surface area contributed by atoms with Crippen molar-refractivity contribution in [2.75, 3.05) is 38.1 Å². The minimum absolute atomic E-state index is 0.535. The van der Waals surface area contributed by atoms with Crippen molar-refractivity contribution in [2.45, 2.75) is 32.9 Å². The molecule has 1 aliphatic rings. The Morgan fingerprint density at radius 1 is 1.45 bits per heavy atom. The molecule has 5 heteroatoms. The van der Waals surface area contributed by atoms with Crippen LogP contribution in [-0.2, 0) is 6.54 Å². The van der Waals surface area contributed by atoms with Crippen LogP contribution in [0.1, 0.15) is 25.8 Å². The van der Waals surface area contributed by atoms with Crippen LogP contribution in [0.25, 0.3) is 0 Å². The first kappa shape index (κ1) is 15.5. The van der Waals surface area contributed by atoms with Crippen molar-refractivity contribution in [1.29, 1.82) is 0 Å². The van der Waals surface area contributed by atoms with Crippen molar-refractivity contribution < 1.29 is 0 Å². The molecule has 2 rings (SSSR count). The Balaban J connectivity index is 2.02. The minimum atomic E-state index is 0.535. The molecule has 0 aliphatic carbocycles. The van der Waals surface area contributed by atoms with E-state index in [2.05, 4.69) is 41.0 Å². The Morgan fingerprint density at radius 2 is 2.25 bits per heavy atom. The first-order valence-electron chi connectivity index (χ1n) is 7.42. The molecule has 1 aliphatic heterocycles. The van der Waals surface area contributed by atoms with Gasteiger partial charge in [-0.1, -0.05) is 18.5 Å². The fraction of sp³-hybridized carbons (Fsp3) is 0.667. The lowest BCUT2D eigenvalue weighted by Gasteiger charge is -2.38. The number of nitrogens with zero attached hydrogens (tertiary/aromatic N) is 3. The van der Waals surface area contributed by atoms with E-state index in [0.29, 0.717) is 6.04 Å². The monoisotopic (exact) mass is 296 g/mol. The summed E-state index contributed by atoms with van der Waals surface area (Å²) in [7, 11) is 2.17. The van der Waals surface area contributed by atoms with Crippen molar-refractivity contribution in [2.24, 2.45) is 0 Å². The summed E-state index contributed by atoms with van der Waals surface area (Å²) in [5.41, 5.74) is 1.15. The van der Waals surface area contributed by atoms with Crippen LogP contribution in [0, 0.1) is 0 Å². The van der Waals surface area contributed by atoms with E-state index in [0.717, 1.165) is 55.5 Å². The summed E-state index contributed by atoms with van der Waals surface area (Å²) in [5.74, 6) is 0.922. The molecular weight excluding hydrogens is 272 g/mol. The first-order valence-corrected chi connectivity index (χ1v) is 7.80. The van der Waals surface area contributed by atoms with Crippen molar-refractivity contribution in [3.63, 3.8) is 0 Å². The van der Waals surface area contributed by atoms with E-state index in [1.807, 2.05) is 12.3 Å². The quantitative estimate of drug-likeness (QED) is 0.846. The molecular formula is C15H25ClN4. The van der Waals surface area contributed by atoms with E-state index in [-0.39, 0.29) is 0 Å². The molecule has 0 spiro atoms. The average Bonchev–Trinajstić information content (AvgIpc) is 2.43. The van der Waals surface area contributed by atoms with E-state index in [1.165, 1.54) is 0 Å². The number of aromatic nitrogens is 1. The number of hydrogen-bond donors (Lipinski definition) is 1. The molecule has 1 fully saturated rings. The summed E-state index contributed by atoms with van der Waals surface area (Å²) in [5, 5.41) is 4.13. The zero-order valence-electron chi connectivity index (χ0n) is 12.7. The molecule has 1 aromatic heterocycles. The van der Waals surface area contributed by atoms with E-state index < -0.39 is 0 Å². The van der Waals surface area contributed by atoms with Crippen LogP contribution in [0.5, 0.6) is 0 Å². The molecule has 1 aromatic rings. The summed E-state index contributed by atoms with van der Waals surface area (Å²) < 4.78 is 0. The second-order valence-corrected chi connectivity index (χ2v) is 6.01. The topological polar surface area (TPSA) is 31.4 Å². The molecule has 0 bridgehead atoms. The van der Waals surface area contributed by atoms with E-state index in [9.17, 15) is 0 Å².